The first kappa shape index (κ1) is 105. The smallest absolute Gasteiger partial charge is 0.326 e. The number of anilines is 3. The zero-order chi connectivity index (χ0) is 99.9. The largest absolute Gasteiger partial charge is 0.496 e. The highest BCUT2D eigenvalue weighted by atomic mass is 33.1. The van der Waals surface area contributed by atoms with Crippen LogP contribution in [-0.2, 0) is 95.6 Å². The van der Waals surface area contributed by atoms with Crippen molar-refractivity contribution in [3.05, 3.63) is 128 Å². The van der Waals surface area contributed by atoms with Crippen LogP contribution in [0.5, 0.6) is 5.75 Å². The predicted octanol–water partition coefficient (Wildman–Crippen LogP) is 2.78. The lowest BCUT2D eigenvalue weighted by atomic mass is 9.48. The standard InChI is InChI=1S/C49H63N13O20S2.C44H57N3O6/c1-23(63)54-21-39(73)82-11-12-83-84-22-27(46(78)79)15-35(66)33(18-38(71)72)60-44(76)26(17-37(69)70)14-34(65)31(3-2-10-53-48(50)51)58-43(75)25(16-36(67)68)13-30(64)8-9-32(47(80)81)59-42(74)24-4-6-28(7-5-24)55-19-29-20-56-41-40(57-29)45(77)62-49(52)61-41;1-7-41(51)23-27-24-44(39(49)53-6,31-20-28-12-9-10-13-29(28)30(31)14-18-46(25-27)26-41)33-21-32-34(22-35(33)52-5)45(4)36-40(3,50)38(48)42(8-2)15-11-17-47-19-16-43(32,36)37(42)47/h4-7,20,25-27,31-33,55H,2-3,8-19,21-22H2,1H3,(H,54,63)(H,58,75)(H,59,74)(H,60,76)(H,67,68)(H,69,70)(H,71,72)(H,78,79)(H,80,81)(H4,50,51,53)(H3,52,56,61,62,77);9-13,15,21-22,27,36-38,48,50-51H,7-8,14,16-20,23-26H2,1-6H3/t25-,26-,27-,31-,32-,33-;27-,36+,37+,38+,40+,41+,42-,43+,44-/m01/s1. The van der Waals surface area contributed by atoms with Gasteiger partial charge in [0.05, 0.1) is 99.5 Å². The third-order valence-corrected chi connectivity index (χ3v) is 29.6. The molecule has 2 aromatic heterocycles. The third kappa shape index (κ3) is 24.0. The number of hydrogen-bond donors (Lipinski definition) is 17. The molecule has 7 heterocycles. The summed E-state index contributed by atoms with van der Waals surface area (Å²) in [6, 6.07) is 13.0. The van der Waals surface area contributed by atoms with E-state index in [-0.39, 0.29) is 97.2 Å². The number of carbonyl (C=O) groups is 14. The number of fused-ring (bicyclic) bond motifs is 6. The van der Waals surface area contributed by atoms with Gasteiger partial charge in [0.2, 0.25) is 23.7 Å². The topological polar surface area (TPSA) is 660 Å². The number of nitrogen functional groups attached to an aromatic ring is 1. The molecule has 3 fully saturated rings. The Hall–Kier alpha value is -12.5. The van der Waals surface area contributed by atoms with E-state index in [1.165, 1.54) is 61.2 Å². The van der Waals surface area contributed by atoms with Gasteiger partial charge in [-0.2, -0.15) is 4.98 Å². The molecule has 20 N–H and O–H groups in total. The number of nitrogens with two attached hydrogens (primary N) is 3. The number of guanidine groups is 1. The van der Waals surface area contributed by atoms with Crippen molar-refractivity contribution in [1.82, 2.24) is 51.0 Å². The van der Waals surface area contributed by atoms with Crippen molar-refractivity contribution in [2.75, 3.05) is 101 Å². The van der Waals surface area contributed by atoms with Gasteiger partial charge >= 0.3 is 41.8 Å². The van der Waals surface area contributed by atoms with Crippen molar-refractivity contribution in [3.63, 3.8) is 0 Å². The van der Waals surface area contributed by atoms with Crippen molar-refractivity contribution in [2.24, 2.45) is 45.5 Å². The lowest BCUT2D eigenvalue weighted by molar-refractivity contribution is -0.190. The van der Waals surface area contributed by atoms with Crippen LogP contribution in [-0.4, -0.2) is 292 Å². The van der Waals surface area contributed by atoms with Gasteiger partial charge in [0.1, 0.15) is 41.7 Å². The molecule has 0 radical (unpaired) electrons. The van der Waals surface area contributed by atoms with Gasteiger partial charge in [-0.25, -0.2) is 14.8 Å². The number of carbonyl (C=O) groups excluding carboxylic acids is 9. The van der Waals surface area contributed by atoms with Crippen LogP contribution in [0.1, 0.15) is 169 Å². The summed E-state index contributed by atoms with van der Waals surface area (Å²) < 4.78 is 17.3. The number of ketones is 3. The molecule has 5 aliphatic heterocycles. The molecule has 2 aliphatic carbocycles. The number of benzene rings is 3. The lowest BCUT2D eigenvalue weighted by Gasteiger charge is -2.63. The highest BCUT2D eigenvalue weighted by Gasteiger charge is 2.76. The number of ether oxygens (including phenoxy) is 3. The molecule has 42 nitrogen and oxygen atoms in total. The SMILES string of the molecule is CC(=O)NCC(=O)OCCSSC[C@H](CC(=O)[C@H](CC(=O)O)NC(=O)[C@H](CC(=O)O)CC(=O)[C@H](CCCN=C(N)N)NC(=O)[C@H](CC(=O)O)CC(=O)CC[C@H](NC(=O)c1ccc(NCc2cnc3nc(N)[nH]c(=O)c3n2)cc1)C(=O)O)C(=O)O.CC[C@]1(O)C[C@H]2CN(CCC3=C(Cc4ccccc43)[C@@](C(=O)OC)(c3cc4c(cc3OC)N(C)[C@H]3[C@](C)(O)[C@H](O)[C@]5(CC)C=CCN6CC[C@]43[C@@H]65)C2)C1. The van der Waals surface area contributed by atoms with Gasteiger partial charge in [-0.3, -0.25) is 86.9 Å². The van der Waals surface area contributed by atoms with Crippen molar-refractivity contribution >= 4 is 144 Å². The number of piperidine rings is 1. The van der Waals surface area contributed by atoms with Crippen molar-refractivity contribution in [2.45, 2.75) is 202 Å². The number of aromatic amines is 1. The number of nitrogens with zero attached hydrogens (tertiary/aromatic N) is 7. The van der Waals surface area contributed by atoms with Crippen molar-refractivity contribution in [3.8, 4) is 5.75 Å². The van der Waals surface area contributed by atoms with Crippen LogP contribution in [0.15, 0.2) is 94.4 Å². The molecule has 1 spiro atoms. The predicted molar refractivity (Wildman–Crippen MR) is 501 cm³/mol. The number of esters is 2. The lowest BCUT2D eigenvalue weighted by Crippen LogP contribution is -2.77. The van der Waals surface area contributed by atoms with E-state index >= 15 is 4.79 Å². The summed E-state index contributed by atoms with van der Waals surface area (Å²) in [6.45, 7) is 10.6. The summed E-state index contributed by atoms with van der Waals surface area (Å²) in [4.78, 5) is 217. The number of aliphatic hydroxyl groups excluding tert-OH is 1. The van der Waals surface area contributed by atoms with Gasteiger partial charge < -0.3 is 104 Å². The van der Waals surface area contributed by atoms with Gasteiger partial charge in [0, 0.05) is 129 Å². The third-order valence-electron chi connectivity index (χ3n) is 27.2. The van der Waals surface area contributed by atoms with E-state index < -0.39 is 209 Å². The number of carboxylic acid groups (broad SMARTS) is 5. The Morgan fingerprint density at radius 1 is 0.759 bits per heavy atom. The van der Waals surface area contributed by atoms with Gasteiger partial charge in [-0.05, 0) is 142 Å². The number of nitrogens with one attached hydrogen (secondary N) is 6. The molecule has 2 saturated heterocycles. The fourth-order valence-corrected chi connectivity index (χ4v) is 23.2. The Labute approximate surface area is 796 Å². The molecular weight excluding hydrogens is 1820 g/mol. The Bertz CT molecular complexity index is 5600. The van der Waals surface area contributed by atoms with Gasteiger partial charge in [-0.1, -0.05) is 71.9 Å². The maximum Gasteiger partial charge on any atom is 0.326 e. The summed E-state index contributed by atoms with van der Waals surface area (Å²) in [7, 11) is 7.27. The average molecular weight is 1940 g/mol. The molecule has 16 atom stereocenters. The molecule has 1 saturated carbocycles. The van der Waals surface area contributed by atoms with Crippen molar-refractivity contribution < 1.29 is 122 Å². The van der Waals surface area contributed by atoms with Crippen LogP contribution in [0.2, 0.25) is 0 Å². The van der Waals surface area contributed by atoms with Crippen LogP contribution in [0.4, 0.5) is 17.3 Å². The fourth-order valence-electron chi connectivity index (χ4n) is 21.0. The number of aliphatic hydroxyl groups is 3. The number of aliphatic imine (C=N–C) groups is 1. The maximum absolute atomic E-state index is 15.2. The number of carboxylic acids is 5. The molecule has 3 aromatic carbocycles. The molecule has 7 aliphatic rings. The van der Waals surface area contributed by atoms with E-state index in [0.717, 1.165) is 83.0 Å². The average Bonchev–Trinajstić information content (AvgIpc) is 1.48. The van der Waals surface area contributed by atoms with E-state index in [1.54, 1.807) is 7.11 Å². The van der Waals surface area contributed by atoms with E-state index in [0.29, 0.717) is 55.8 Å². The summed E-state index contributed by atoms with van der Waals surface area (Å²) in [5.41, 5.74) is 19.6. The van der Waals surface area contributed by atoms with Crippen LogP contribution in [0, 0.1) is 29.1 Å². The second-order valence-corrected chi connectivity index (χ2v) is 38.9. The second-order valence-electron chi connectivity index (χ2n) is 36.2. The number of amides is 4. The van der Waals surface area contributed by atoms with Crippen molar-refractivity contribution in [1.29, 1.82) is 0 Å². The monoisotopic (exact) mass is 1940 g/mol. The molecule has 12 rings (SSSR count). The van der Waals surface area contributed by atoms with E-state index in [4.69, 9.17) is 31.4 Å². The summed E-state index contributed by atoms with van der Waals surface area (Å²) in [5, 5.41) is 97.6. The van der Waals surface area contributed by atoms with Gasteiger partial charge in [0.25, 0.3) is 11.5 Å². The first-order chi connectivity index (χ1) is 65.0. The minimum Gasteiger partial charge on any atom is -0.496 e. The summed E-state index contributed by atoms with van der Waals surface area (Å²) in [6.07, 6.45) is 2.08. The minimum absolute atomic E-state index is 0.00846. The van der Waals surface area contributed by atoms with Gasteiger partial charge in [-0.15, -0.1) is 0 Å². The minimum atomic E-state index is -1.93. The molecule has 2 bridgehead atoms. The maximum atomic E-state index is 15.2. The normalized spacial score (nSPS) is 23.9. The zero-order valence-corrected chi connectivity index (χ0v) is 78.8. The van der Waals surface area contributed by atoms with Crippen LogP contribution in [0.25, 0.3) is 16.7 Å². The first-order valence-electron chi connectivity index (χ1n) is 45.2. The number of Topliss-reactive ketones (excluding diaryl/α,β-unsaturated/α-hetero) is 3. The first-order valence-corrected chi connectivity index (χ1v) is 47.7. The molecule has 44 heteroatoms. The molecular formula is C93H120N16O26S2. The van der Waals surface area contributed by atoms with Crippen LogP contribution >= 0.6 is 21.6 Å². The number of likely N-dealkylation sites (N-methyl/N-ethyl adjacent to an activating group) is 1. The highest BCUT2D eigenvalue weighted by molar-refractivity contribution is 8.76. The summed E-state index contributed by atoms with van der Waals surface area (Å²) in [5.74, 6) is -20.6. The Morgan fingerprint density at radius 3 is 2.09 bits per heavy atom. The Morgan fingerprint density at radius 2 is 1.44 bits per heavy atom. The fraction of sp³-hybridized carbons (Fsp3) is 0.538. The Balaban J connectivity index is 0.000000288. The van der Waals surface area contributed by atoms with Crippen LogP contribution < -0.4 is 59.0 Å². The van der Waals surface area contributed by atoms with Crippen LogP contribution in [0.3, 0.4) is 0 Å². The number of rotatable bonds is 45. The number of hydrogen-bond acceptors (Lipinski definition) is 32. The molecule has 1 unspecified atom stereocenters. The number of aliphatic carboxylic acids is 5. The molecule has 740 valence electrons. The second kappa shape index (κ2) is 45.2. The van der Waals surface area contributed by atoms with E-state index in [2.05, 4.69) is 129 Å². The quantitative estimate of drug-likeness (QED) is 0.00665. The van der Waals surface area contributed by atoms with Gasteiger partial charge in [0.15, 0.2) is 28.7 Å². The summed E-state index contributed by atoms with van der Waals surface area (Å²) >= 11 is 0. The molecule has 4 amide bonds. The highest BCUT2D eigenvalue weighted by Crippen LogP contribution is 2.68. The molecule has 5 aromatic rings. The van der Waals surface area contributed by atoms with E-state index in [9.17, 15) is 108 Å². The Kier molecular flexibility index (Phi) is 34.6. The van der Waals surface area contributed by atoms with E-state index in [1.807, 2.05) is 14.0 Å². The number of H-pyrrole nitrogens is 1. The number of methoxy groups -OCH3 is 2. The number of aromatic nitrogens is 4. The molecule has 137 heavy (non-hydrogen) atoms. The zero-order valence-electron chi connectivity index (χ0n) is 77.2.